The van der Waals surface area contributed by atoms with Crippen LogP contribution in [0.5, 0.6) is 0 Å². The smallest absolute Gasteiger partial charge is 0.0422 e. The molecule has 0 nitrogen and oxygen atoms in total. The monoisotopic (exact) mass is 172 g/mol. The zero-order valence-electron chi connectivity index (χ0n) is 9.98. The molecule has 0 fully saturated rings. The standard InChI is InChI=1S/C7H16.C5H12/c1-4-7(5-2)6-3;1-4-5(2)3/h7H,4-6H2,1-3H3;5H,4H2,1-3H3. The Hall–Kier alpha value is 0. The Morgan fingerprint density at radius 2 is 0.917 bits per heavy atom. The van der Waals surface area contributed by atoms with Gasteiger partial charge in [0.05, 0.1) is 0 Å². The van der Waals surface area contributed by atoms with Crippen molar-refractivity contribution in [3.8, 4) is 0 Å². The van der Waals surface area contributed by atoms with Crippen molar-refractivity contribution in [3.05, 3.63) is 0 Å². The van der Waals surface area contributed by atoms with Gasteiger partial charge in [0.2, 0.25) is 0 Å². The molecular weight excluding hydrogens is 144 g/mol. The molecule has 0 saturated heterocycles. The van der Waals surface area contributed by atoms with Gasteiger partial charge in [0.15, 0.2) is 0 Å². The van der Waals surface area contributed by atoms with E-state index in [2.05, 4.69) is 41.5 Å². The first-order chi connectivity index (χ1) is 5.62. The fraction of sp³-hybridized carbons (Fsp3) is 1.00. The van der Waals surface area contributed by atoms with E-state index in [1.54, 1.807) is 0 Å². The third kappa shape index (κ3) is 12.7. The van der Waals surface area contributed by atoms with Crippen LogP contribution < -0.4 is 0 Å². The molecule has 0 heteroatoms. The fourth-order valence-electron chi connectivity index (χ4n) is 0.866. The topological polar surface area (TPSA) is 0 Å². The predicted octanol–water partition coefficient (Wildman–Crippen LogP) is 4.89. The number of hydrogen-bond acceptors (Lipinski definition) is 0. The van der Waals surface area contributed by atoms with E-state index in [1.807, 2.05) is 0 Å². The molecule has 0 unspecified atom stereocenters. The molecule has 0 aromatic carbocycles. The Labute approximate surface area is 79.8 Å². The first-order valence-electron chi connectivity index (χ1n) is 5.62. The second-order valence-electron chi connectivity index (χ2n) is 3.89. The maximum Gasteiger partial charge on any atom is -0.0422 e. The first kappa shape index (κ1) is 14.5. The summed E-state index contributed by atoms with van der Waals surface area (Å²) in [6, 6.07) is 0. The molecule has 0 amide bonds. The summed E-state index contributed by atoms with van der Waals surface area (Å²) in [4.78, 5) is 0. The molecule has 0 aromatic heterocycles. The zero-order valence-corrected chi connectivity index (χ0v) is 9.98. The summed E-state index contributed by atoms with van der Waals surface area (Å²) in [6.45, 7) is 13.4. The van der Waals surface area contributed by atoms with Crippen LogP contribution in [0.4, 0.5) is 0 Å². The van der Waals surface area contributed by atoms with Crippen LogP contribution in [-0.2, 0) is 0 Å². The Balaban J connectivity index is 0. The SMILES string of the molecule is CCC(C)C.CCC(CC)CC. The lowest BCUT2D eigenvalue weighted by molar-refractivity contribution is 0.477. The first-order valence-corrected chi connectivity index (χ1v) is 5.62. The maximum atomic E-state index is 2.26. The van der Waals surface area contributed by atoms with Crippen molar-refractivity contribution in [2.75, 3.05) is 0 Å². The molecule has 0 aliphatic rings. The van der Waals surface area contributed by atoms with Gasteiger partial charge in [-0.15, -0.1) is 0 Å². The molecule has 0 N–H and O–H groups in total. The van der Waals surface area contributed by atoms with Crippen LogP contribution in [-0.4, -0.2) is 0 Å². The van der Waals surface area contributed by atoms with E-state index < -0.39 is 0 Å². The third-order valence-corrected chi connectivity index (χ3v) is 2.55. The van der Waals surface area contributed by atoms with Gasteiger partial charge in [0.25, 0.3) is 0 Å². The van der Waals surface area contributed by atoms with Gasteiger partial charge in [-0.1, -0.05) is 67.2 Å². The summed E-state index contributed by atoms with van der Waals surface area (Å²) in [5.41, 5.74) is 0. The van der Waals surface area contributed by atoms with Crippen molar-refractivity contribution in [1.29, 1.82) is 0 Å². The summed E-state index contributed by atoms with van der Waals surface area (Å²) in [5.74, 6) is 1.87. The van der Waals surface area contributed by atoms with Crippen LogP contribution in [0.3, 0.4) is 0 Å². The van der Waals surface area contributed by atoms with Crippen molar-refractivity contribution < 1.29 is 0 Å². The summed E-state index contributed by atoms with van der Waals surface area (Å²) in [5, 5.41) is 0. The number of hydrogen-bond donors (Lipinski definition) is 0. The Bertz CT molecular complexity index is 54.9. The Morgan fingerprint density at radius 1 is 0.667 bits per heavy atom. The molecule has 0 bridgehead atoms. The van der Waals surface area contributed by atoms with Gasteiger partial charge in [0, 0.05) is 0 Å². The summed E-state index contributed by atoms with van der Waals surface area (Å²) >= 11 is 0. The second kappa shape index (κ2) is 11.0. The quantitative estimate of drug-likeness (QED) is 0.566. The van der Waals surface area contributed by atoms with E-state index >= 15 is 0 Å². The predicted molar refractivity (Wildman–Crippen MR) is 59.5 cm³/mol. The average molecular weight is 172 g/mol. The van der Waals surface area contributed by atoms with E-state index in [4.69, 9.17) is 0 Å². The normalized spacial score (nSPS) is 10.0. The molecule has 0 spiro atoms. The summed E-state index contributed by atoms with van der Waals surface area (Å²) in [6.07, 6.45) is 5.37. The van der Waals surface area contributed by atoms with Crippen molar-refractivity contribution >= 4 is 0 Å². The van der Waals surface area contributed by atoms with Gasteiger partial charge in [-0.25, -0.2) is 0 Å². The molecule has 0 rings (SSSR count). The van der Waals surface area contributed by atoms with E-state index in [1.165, 1.54) is 25.7 Å². The fourth-order valence-corrected chi connectivity index (χ4v) is 0.866. The van der Waals surface area contributed by atoms with Gasteiger partial charge in [-0.05, 0) is 11.8 Å². The Morgan fingerprint density at radius 3 is 0.917 bits per heavy atom. The molecule has 12 heavy (non-hydrogen) atoms. The van der Waals surface area contributed by atoms with Gasteiger partial charge in [-0.3, -0.25) is 0 Å². The highest BCUT2D eigenvalue weighted by molar-refractivity contribution is 4.48. The Kier molecular flexibility index (Phi) is 13.3. The van der Waals surface area contributed by atoms with Crippen molar-refractivity contribution in [3.63, 3.8) is 0 Å². The maximum absolute atomic E-state index is 2.26. The molecule has 0 atom stereocenters. The molecule has 0 saturated carbocycles. The van der Waals surface area contributed by atoms with Gasteiger partial charge >= 0.3 is 0 Å². The molecule has 0 aliphatic carbocycles. The van der Waals surface area contributed by atoms with Crippen LogP contribution in [0.25, 0.3) is 0 Å². The molecule has 76 valence electrons. The molecule has 0 aliphatic heterocycles. The lowest BCUT2D eigenvalue weighted by atomic mass is 10.0. The van der Waals surface area contributed by atoms with Gasteiger partial charge in [-0.2, -0.15) is 0 Å². The van der Waals surface area contributed by atoms with Crippen molar-refractivity contribution in [1.82, 2.24) is 0 Å². The number of rotatable bonds is 4. The van der Waals surface area contributed by atoms with E-state index in [9.17, 15) is 0 Å². The van der Waals surface area contributed by atoms with Crippen molar-refractivity contribution in [2.24, 2.45) is 11.8 Å². The minimum atomic E-state index is 0.884. The highest BCUT2D eigenvalue weighted by atomic mass is 14.0. The third-order valence-electron chi connectivity index (χ3n) is 2.55. The molecule has 0 radical (unpaired) electrons. The summed E-state index contributed by atoms with van der Waals surface area (Å²) < 4.78 is 0. The lowest BCUT2D eigenvalue weighted by Gasteiger charge is -2.05. The molecule has 0 heterocycles. The zero-order chi connectivity index (χ0) is 9.98. The van der Waals surface area contributed by atoms with E-state index in [-0.39, 0.29) is 0 Å². The van der Waals surface area contributed by atoms with E-state index in [0.29, 0.717) is 0 Å². The van der Waals surface area contributed by atoms with Crippen LogP contribution in [0.15, 0.2) is 0 Å². The van der Waals surface area contributed by atoms with Gasteiger partial charge in [0.1, 0.15) is 0 Å². The highest BCUT2D eigenvalue weighted by Crippen LogP contribution is 2.10. The van der Waals surface area contributed by atoms with Crippen LogP contribution >= 0.6 is 0 Å². The van der Waals surface area contributed by atoms with Crippen LogP contribution in [0, 0.1) is 11.8 Å². The lowest BCUT2D eigenvalue weighted by Crippen LogP contribution is -1.91. The summed E-state index contributed by atoms with van der Waals surface area (Å²) in [7, 11) is 0. The van der Waals surface area contributed by atoms with E-state index in [0.717, 1.165) is 11.8 Å². The largest absolute Gasteiger partial charge is 0.0651 e. The second-order valence-corrected chi connectivity index (χ2v) is 3.89. The van der Waals surface area contributed by atoms with Crippen LogP contribution in [0.1, 0.15) is 67.2 Å². The minimum absolute atomic E-state index is 0.884. The van der Waals surface area contributed by atoms with Crippen LogP contribution in [0.2, 0.25) is 0 Å². The van der Waals surface area contributed by atoms with Gasteiger partial charge < -0.3 is 0 Å². The minimum Gasteiger partial charge on any atom is -0.0651 e. The molecule has 0 aromatic rings. The van der Waals surface area contributed by atoms with Crippen molar-refractivity contribution in [2.45, 2.75) is 67.2 Å². The highest BCUT2D eigenvalue weighted by Gasteiger charge is 1.95. The average Bonchev–Trinajstić information content (AvgIpc) is 2.09. The molecular formula is C12H28.